The molecule has 2 aromatic carbocycles. The third kappa shape index (κ3) is 3.38. The first-order chi connectivity index (χ1) is 10.3. The smallest absolute Gasteiger partial charge is 0.280 e. The van der Waals surface area contributed by atoms with Gasteiger partial charge in [-0.3, -0.25) is 0 Å². The van der Waals surface area contributed by atoms with Crippen molar-refractivity contribution < 1.29 is 4.74 Å². The Kier molecular flexibility index (Phi) is 4.44. The van der Waals surface area contributed by atoms with Gasteiger partial charge < -0.3 is 4.74 Å². The number of alkyl halides is 1. The molecule has 0 aliphatic rings. The van der Waals surface area contributed by atoms with E-state index in [-0.39, 0.29) is 0 Å². The van der Waals surface area contributed by atoms with Gasteiger partial charge in [0.05, 0.1) is 10.8 Å². The van der Waals surface area contributed by atoms with E-state index in [4.69, 9.17) is 27.9 Å². The van der Waals surface area contributed by atoms with E-state index in [1.165, 1.54) is 16.9 Å². The van der Waals surface area contributed by atoms with E-state index in [0.717, 1.165) is 16.2 Å². The molecule has 0 fully saturated rings. The number of thiazole rings is 1. The van der Waals surface area contributed by atoms with Gasteiger partial charge in [-0.05, 0) is 23.3 Å². The topological polar surface area (TPSA) is 22.1 Å². The number of ether oxygens (including phenoxy) is 1. The fourth-order valence-corrected chi connectivity index (χ4v) is 3.22. The van der Waals surface area contributed by atoms with Gasteiger partial charge in [-0.25, -0.2) is 0 Å². The van der Waals surface area contributed by atoms with E-state index in [0.29, 0.717) is 16.2 Å². The van der Waals surface area contributed by atoms with Crippen LogP contribution in [0.25, 0.3) is 11.1 Å². The molecule has 5 heteroatoms. The summed E-state index contributed by atoms with van der Waals surface area (Å²) < 4.78 is 5.70. The Hall–Kier alpha value is -1.55. The third-order valence-corrected chi connectivity index (χ3v) is 4.70. The van der Waals surface area contributed by atoms with Crippen LogP contribution in [0.15, 0.2) is 54.6 Å². The molecule has 0 bridgehead atoms. The van der Waals surface area contributed by atoms with Crippen molar-refractivity contribution in [3.05, 3.63) is 64.6 Å². The van der Waals surface area contributed by atoms with Crippen molar-refractivity contribution in [1.29, 1.82) is 0 Å². The minimum absolute atomic E-state index is 0.340. The van der Waals surface area contributed by atoms with Gasteiger partial charge in [0.2, 0.25) is 0 Å². The van der Waals surface area contributed by atoms with Crippen LogP contribution in [0.5, 0.6) is 10.9 Å². The summed E-state index contributed by atoms with van der Waals surface area (Å²) in [5, 5.41) is 0.911. The van der Waals surface area contributed by atoms with Crippen molar-refractivity contribution in [3.63, 3.8) is 0 Å². The molecule has 0 saturated heterocycles. The van der Waals surface area contributed by atoms with Crippen molar-refractivity contribution in [2.24, 2.45) is 0 Å². The molecule has 0 saturated carbocycles. The molecular formula is C16H11Cl2NOS. The van der Waals surface area contributed by atoms with Crippen LogP contribution in [0.4, 0.5) is 0 Å². The molecule has 0 amide bonds. The monoisotopic (exact) mass is 335 g/mol. The summed E-state index contributed by atoms with van der Waals surface area (Å²) >= 11 is 13.1. The van der Waals surface area contributed by atoms with Gasteiger partial charge in [0.15, 0.2) is 0 Å². The van der Waals surface area contributed by atoms with Crippen LogP contribution < -0.4 is 4.74 Å². The first-order valence-electron chi connectivity index (χ1n) is 6.31. The number of nitrogens with zero attached hydrogens (tertiary/aromatic N) is 1. The molecule has 0 spiro atoms. The zero-order chi connectivity index (χ0) is 14.7. The zero-order valence-corrected chi connectivity index (χ0v) is 13.3. The molecule has 0 unspecified atom stereocenters. The second-order valence-corrected chi connectivity index (χ2v) is 5.99. The maximum atomic E-state index is 5.95. The highest BCUT2D eigenvalue weighted by atomic mass is 35.5. The second-order valence-electron chi connectivity index (χ2n) is 4.32. The Morgan fingerprint density at radius 1 is 0.952 bits per heavy atom. The minimum atomic E-state index is 0.340. The van der Waals surface area contributed by atoms with Crippen LogP contribution >= 0.6 is 34.5 Å². The Morgan fingerprint density at radius 2 is 1.62 bits per heavy atom. The fourth-order valence-electron chi connectivity index (χ4n) is 1.89. The second kappa shape index (κ2) is 6.48. The molecule has 0 aliphatic carbocycles. The number of halogens is 2. The largest absolute Gasteiger partial charge is 0.431 e. The van der Waals surface area contributed by atoms with Crippen molar-refractivity contribution in [2.45, 2.75) is 5.88 Å². The van der Waals surface area contributed by atoms with Crippen LogP contribution in [-0.2, 0) is 5.88 Å². The lowest BCUT2D eigenvalue weighted by Crippen LogP contribution is -1.83. The first kappa shape index (κ1) is 14.4. The quantitative estimate of drug-likeness (QED) is 0.546. The van der Waals surface area contributed by atoms with Gasteiger partial charge in [-0.15, -0.1) is 11.6 Å². The summed E-state index contributed by atoms with van der Waals surface area (Å²) in [6.45, 7) is 0. The van der Waals surface area contributed by atoms with Crippen molar-refractivity contribution >= 4 is 34.5 Å². The van der Waals surface area contributed by atoms with Gasteiger partial charge in [0.1, 0.15) is 10.9 Å². The summed E-state index contributed by atoms with van der Waals surface area (Å²) in [7, 11) is 0. The molecular weight excluding hydrogens is 325 g/mol. The van der Waals surface area contributed by atoms with Gasteiger partial charge in [-0.2, -0.15) is 4.98 Å². The standard InChI is InChI=1S/C16H11Cl2NOS/c17-10-14-15(18)19-16(21-14)20-13-8-6-12(7-9-13)11-4-2-1-3-5-11/h1-9H,10H2. The highest BCUT2D eigenvalue weighted by Crippen LogP contribution is 2.33. The van der Waals surface area contributed by atoms with Crippen molar-refractivity contribution in [2.75, 3.05) is 0 Å². The normalized spacial score (nSPS) is 10.6. The molecule has 3 rings (SSSR count). The van der Waals surface area contributed by atoms with Crippen molar-refractivity contribution in [3.8, 4) is 22.1 Å². The van der Waals surface area contributed by atoms with Gasteiger partial charge >= 0.3 is 0 Å². The molecule has 21 heavy (non-hydrogen) atoms. The summed E-state index contributed by atoms with van der Waals surface area (Å²) in [5.74, 6) is 1.06. The Morgan fingerprint density at radius 3 is 2.24 bits per heavy atom. The highest BCUT2D eigenvalue weighted by Gasteiger charge is 2.10. The van der Waals surface area contributed by atoms with E-state index in [9.17, 15) is 0 Å². The van der Waals surface area contributed by atoms with E-state index in [2.05, 4.69) is 17.1 Å². The van der Waals surface area contributed by atoms with Gasteiger partial charge in [0, 0.05) is 0 Å². The molecule has 0 N–H and O–H groups in total. The third-order valence-electron chi connectivity index (χ3n) is 2.92. The van der Waals surface area contributed by atoms with Crippen LogP contribution in [0.3, 0.4) is 0 Å². The van der Waals surface area contributed by atoms with Gasteiger partial charge in [0.25, 0.3) is 5.19 Å². The predicted octanol–water partition coefficient (Wildman–Crippen LogP) is 5.99. The molecule has 1 aromatic heterocycles. The molecule has 0 radical (unpaired) electrons. The Labute approximate surface area is 136 Å². The van der Waals surface area contributed by atoms with Crippen LogP contribution in [0.1, 0.15) is 4.88 Å². The molecule has 2 nitrogen and oxygen atoms in total. The lowest BCUT2D eigenvalue weighted by atomic mass is 10.1. The van der Waals surface area contributed by atoms with E-state index >= 15 is 0 Å². The summed E-state index contributed by atoms with van der Waals surface area (Å²) in [4.78, 5) is 4.95. The summed E-state index contributed by atoms with van der Waals surface area (Å²) in [5.41, 5.74) is 2.31. The van der Waals surface area contributed by atoms with Crippen LogP contribution in [0, 0.1) is 0 Å². The van der Waals surface area contributed by atoms with E-state index < -0.39 is 0 Å². The van der Waals surface area contributed by atoms with Gasteiger partial charge in [-0.1, -0.05) is 65.4 Å². The number of hydrogen-bond donors (Lipinski definition) is 0. The molecule has 106 valence electrons. The Balaban J connectivity index is 1.78. The minimum Gasteiger partial charge on any atom is -0.431 e. The van der Waals surface area contributed by atoms with E-state index in [1.807, 2.05) is 42.5 Å². The Bertz CT molecular complexity index is 726. The average Bonchev–Trinajstić information content (AvgIpc) is 2.88. The molecule has 0 aliphatic heterocycles. The maximum Gasteiger partial charge on any atom is 0.280 e. The molecule has 3 aromatic rings. The van der Waals surface area contributed by atoms with E-state index in [1.54, 1.807) is 0 Å². The zero-order valence-electron chi connectivity index (χ0n) is 10.9. The number of hydrogen-bond acceptors (Lipinski definition) is 3. The summed E-state index contributed by atoms with van der Waals surface area (Å²) in [6.07, 6.45) is 0. The van der Waals surface area contributed by atoms with Crippen molar-refractivity contribution in [1.82, 2.24) is 4.98 Å². The maximum absolute atomic E-state index is 5.95. The van der Waals surface area contributed by atoms with Crippen LogP contribution in [0.2, 0.25) is 5.15 Å². The SMILES string of the molecule is ClCc1sc(Oc2ccc(-c3ccccc3)cc2)nc1Cl. The highest BCUT2D eigenvalue weighted by molar-refractivity contribution is 7.14. The number of rotatable bonds is 4. The lowest BCUT2D eigenvalue weighted by molar-refractivity contribution is 0.479. The van der Waals surface area contributed by atoms with Crippen LogP contribution in [-0.4, -0.2) is 4.98 Å². The number of aromatic nitrogens is 1. The lowest BCUT2D eigenvalue weighted by Gasteiger charge is -2.04. The summed E-state index contributed by atoms with van der Waals surface area (Å²) in [6, 6.07) is 18.0. The number of benzene rings is 2. The molecule has 1 heterocycles. The molecule has 0 atom stereocenters. The first-order valence-corrected chi connectivity index (χ1v) is 8.03. The average molecular weight is 336 g/mol. The fraction of sp³-hybridized carbons (Fsp3) is 0.0625. The predicted molar refractivity (Wildman–Crippen MR) is 88.6 cm³/mol.